The van der Waals surface area contributed by atoms with E-state index in [0.29, 0.717) is 37.2 Å². The number of fused-ring (bicyclic) bond motifs is 1. The van der Waals surface area contributed by atoms with E-state index in [4.69, 9.17) is 0 Å². The Morgan fingerprint density at radius 2 is 1.85 bits per heavy atom. The van der Waals surface area contributed by atoms with Crippen molar-refractivity contribution in [2.45, 2.75) is 45.8 Å². The highest BCUT2D eigenvalue weighted by Crippen LogP contribution is 2.29. The second kappa shape index (κ2) is 7.19. The second-order valence-corrected chi connectivity index (χ2v) is 6.41. The van der Waals surface area contributed by atoms with Crippen molar-refractivity contribution in [2.24, 2.45) is 0 Å². The summed E-state index contributed by atoms with van der Waals surface area (Å²) in [7, 11) is 0. The Bertz CT molecular complexity index is 930. The Hall–Kier alpha value is -2.83. The van der Waals surface area contributed by atoms with Gasteiger partial charge in [-0.1, -0.05) is 37.3 Å². The van der Waals surface area contributed by atoms with Gasteiger partial charge in [-0.25, -0.2) is 9.59 Å². The molecule has 0 bridgehead atoms. The summed E-state index contributed by atoms with van der Waals surface area (Å²) in [5.41, 5.74) is 1.26. The topological polar surface area (TPSA) is 84.5 Å². The molecule has 7 heteroatoms. The van der Waals surface area contributed by atoms with Crippen molar-refractivity contribution < 1.29 is 9.90 Å². The quantitative estimate of drug-likeness (QED) is 0.908. The predicted molar refractivity (Wildman–Crippen MR) is 97.6 cm³/mol. The molecule has 138 valence electrons. The number of hydrogen-bond acceptors (Lipinski definition) is 3. The third-order valence-electron chi connectivity index (χ3n) is 5.01. The number of carboxylic acid groups (broad SMARTS) is 1. The van der Waals surface area contributed by atoms with E-state index in [0.717, 1.165) is 5.56 Å². The average molecular weight is 357 g/mol. The molecule has 0 saturated carbocycles. The first-order valence-electron chi connectivity index (χ1n) is 8.89. The molecule has 1 unspecified atom stereocenters. The maximum absolute atomic E-state index is 13.2. The van der Waals surface area contributed by atoms with Gasteiger partial charge in [0.15, 0.2) is 0 Å². The van der Waals surface area contributed by atoms with E-state index in [-0.39, 0.29) is 17.8 Å². The Labute approximate surface area is 151 Å². The third kappa shape index (κ3) is 2.94. The lowest BCUT2D eigenvalue weighted by atomic mass is 9.95. The fraction of sp³-hybridized carbons (Fsp3) is 0.421. The fourth-order valence-corrected chi connectivity index (χ4v) is 3.79. The van der Waals surface area contributed by atoms with Crippen molar-refractivity contribution in [1.29, 1.82) is 0 Å². The second-order valence-electron chi connectivity index (χ2n) is 6.41. The van der Waals surface area contributed by atoms with E-state index in [2.05, 4.69) is 0 Å². The van der Waals surface area contributed by atoms with Gasteiger partial charge in [-0.15, -0.1) is 0 Å². The van der Waals surface area contributed by atoms with Crippen molar-refractivity contribution >= 4 is 6.09 Å². The fourth-order valence-electron chi connectivity index (χ4n) is 3.79. The van der Waals surface area contributed by atoms with Crippen LogP contribution in [0.3, 0.4) is 0 Å². The summed E-state index contributed by atoms with van der Waals surface area (Å²) < 4.78 is 2.84. The molecule has 3 rings (SSSR count). The minimum atomic E-state index is -1.04. The monoisotopic (exact) mass is 357 g/mol. The van der Waals surface area contributed by atoms with Crippen LogP contribution in [0.4, 0.5) is 4.79 Å². The molecule has 2 heterocycles. The minimum Gasteiger partial charge on any atom is -0.465 e. The van der Waals surface area contributed by atoms with Gasteiger partial charge < -0.3 is 10.0 Å². The summed E-state index contributed by atoms with van der Waals surface area (Å²) in [4.78, 5) is 39.0. The van der Waals surface area contributed by atoms with Crippen molar-refractivity contribution in [2.75, 3.05) is 6.54 Å². The molecular formula is C19H23N3O4. The van der Waals surface area contributed by atoms with E-state index in [9.17, 15) is 19.5 Å². The zero-order chi connectivity index (χ0) is 18.8. The smallest absolute Gasteiger partial charge is 0.407 e. The molecule has 1 aromatic carbocycles. The summed E-state index contributed by atoms with van der Waals surface area (Å²) in [6, 6.07) is 8.80. The molecule has 1 aliphatic heterocycles. The first-order chi connectivity index (χ1) is 12.5. The Morgan fingerprint density at radius 3 is 2.42 bits per heavy atom. The van der Waals surface area contributed by atoms with E-state index < -0.39 is 12.1 Å². The van der Waals surface area contributed by atoms with Crippen LogP contribution in [0.25, 0.3) is 0 Å². The zero-order valence-corrected chi connectivity index (χ0v) is 15.0. The highest BCUT2D eigenvalue weighted by Gasteiger charge is 2.34. The maximum atomic E-state index is 13.2. The normalized spacial score (nSPS) is 16.4. The van der Waals surface area contributed by atoms with Gasteiger partial charge >= 0.3 is 11.8 Å². The van der Waals surface area contributed by atoms with Crippen molar-refractivity contribution in [3.63, 3.8) is 0 Å². The number of benzene rings is 1. The molecule has 26 heavy (non-hydrogen) atoms. The molecule has 0 spiro atoms. The van der Waals surface area contributed by atoms with Crippen LogP contribution in [0.1, 0.15) is 43.1 Å². The standard InChI is InChI=1S/C19H23N3O4/c1-3-14-16-15(10-11-21(14)19(25)26)20(4-2)18(24)22(17(16)23)12-13-8-6-5-7-9-13/h5-9,14H,3-4,10-12H2,1-2H3,(H,25,26). The Kier molecular flexibility index (Phi) is 4.97. The van der Waals surface area contributed by atoms with Crippen LogP contribution in [0, 0.1) is 0 Å². The van der Waals surface area contributed by atoms with Gasteiger partial charge in [0.1, 0.15) is 0 Å². The lowest BCUT2D eigenvalue weighted by Crippen LogP contribution is -2.50. The first kappa shape index (κ1) is 18.0. The van der Waals surface area contributed by atoms with E-state index >= 15 is 0 Å². The molecule has 1 aliphatic rings. The molecule has 7 nitrogen and oxygen atoms in total. The SMILES string of the molecule is CCC1c2c(n(CC)c(=O)n(Cc3ccccc3)c2=O)CCN1C(=O)O. The van der Waals surface area contributed by atoms with Crippen molar-refractivity contribution in [3.05, 3.63) is 68.0 Å². The first-order valence-corrected chi connectivity index (χ1v) is 8.89. The Morgan fingerprint density at radius 1 is 1.15 bits per heavy atom. The van der Waals surface area contributed by atoms with E-state index in [1.807, 2.05) is 44.2 Å². The lowest BCUT2D eigenvalue weighted by Gasteiger charge is -2.35. The predicted octanol–water partition coefficient (Wildman–Crippen LogP) is 2.07. The van der Waals surface area contributed by atoms with Crippen LogP contribution in [-0.2, 0) is 19.5 Å². The van der Waals surface area contributed by atoms with Crippen LogP contribution < -0.4 is 11.2 Å². The summed E-state index contributed by atoms with van der Waals surface area (Å²) >= 11 is 0. The molecule has 0 saturated heterocycles. The number of nitrogens with zero attached hydrogens (tertiary/aromatic N) is 3. The summed E-state index contributed by atoms with van der Waals surface area (Å²) in [5.74, 6) is 0. The lowest BCUT2D eigenvalue weighted by molar-refractivity contribution is 0.116. The number of rotatable bonds is 4. The van der Waals surface area contributed by atoms with Crippen LogP contribution >= 0.6 is 0 Å². The van der Waals surface area contributed by atoms with Gasteiger partial charge in [-0.2, -0.15) is 0 Å². The molecule has 0 radical (unpaired) electrons. The molecular weight excluding hydrogens is 334 g/mol. The van der Waals surface area contributed by atoms with Crippen LogP contribution in [0.2, 0.25) is 0 Å². The van der Waals surface area contributed by atoms with Crippen molar-refractivity contribution in [3.8, 4) is 0 Å². The highest BCUT2D eigenvalue weighted by molar-refractivity contribution is 5.66. The molecule has 0 aliphatic carbocycles. The maximum Gasteiger partial charge on any atom is 0.407 e. The minimum absolute atomic E-state index is 0.176. The summed E-state index contributed by atoms with van der Waals surface area (Å²) in [5, 5.41) is 9.49. The molecule has 0 fully saturated rings. The molecule has 1 amide bonds. The number of amides is 1. The number of aromatic nitrogens is 2. The average Bonchev–Trinajstić information content (AvgIpc) is 2.65. The zero-order valence-electron chi connectivity index (χ0n) is 15.0. The van der Waals surface area contributed by atoms with Gasteiger partial charge in [-0.05, 0) is 18.9 Å². The van der Waals surface area contributed by atoms with Gasteiger partial charge in [0, 0.05) is 25.2 Å². The van der Waals surface area contributed by atoms with Gasteiger partial charge in [-0.3, -0.25) is 13.9 Å². The highest BCUT2D eigenvalue weighted by atomic mass is 16.4. The van der Waals surface area contributed by atoms with Gasteiger partial charge in [0.2, 0.25) is 0 Å². The van der Waals surface area contributed by atoms with E-state index in [1.165, 1.54) is 9.47 Å². The van der Waals surface area contributed by atoms with Crippen LogP contribution in [0.15, 0.2) is 39.9 Å². The van der Waals surface area contributed by atoms with Gasteiger partial charge in [0.25, 0.3) is 5.56 Å². The molecule has 1 N–H and O–H groups in total. The summed E-state index contributed by atoms with van der Waals surface area (Å²) in [6.07, 6.45) is -0.171. The summed E-state index contributed by atoms with van der Waals surface area (Å²) in [6.45, 7) is 4.64. The van der Waals surface area contributed by atoms with Gasteiger partial charge in [0.05, 0.1) is 18.2 Å². The molecule has 2 aromatic rings. The largest absolute Gasteiger partial charge is 0.465 e. The number of hydrogen-bond donors (Lipinski definition) is 1. The van der Waals surface area contributed by atoms with Crippen molar-refractivity contribution in [1.82, 2.24) is 14.0 Å². The third-order valence-corrected chi connectivity index (χ3v) is 5.01. The van der Waals surface area contributed by atoms with E-state index in [1.54, 1.807) is 4.57 Å². The number of carbonyl (C=O) groups is 1. The molecule has 1 aromatic heterocycles. The van der Waals surface area contributed by atoms with Crippen LogP contribution in [0.5, 0.6) is 0 Å². The molecule has 1 atom stereocenters. The van der Waals surface area contributed by atoms with Crippen LogP contribution in [-0.4, -0.2) is 31.8 Å². The Balaban J connectivity index is 2.22.